The summed E-state index contributed by atoms with van der Waals surface area (Å²) >= 11 is 1.55. The third-order valence-corrected chi connectivity index (χ3v) is 7.38. The molecule has 3 aromatic heterocycles. The molecule has 0 saturated carbocycles. The topological polar surface area (TPSA) is 83.9 Å². The highest BCUT2D eigenvalue weighted by atomic mass is 32.1. The minimum atomic E-state index is -0.133. The average Bonchev–Trinajstić information content (AvgIpc) is 3.34. The number of anilines is 1. The number of benzene rings is 1. The Labute approximate surface area is 203 Å². The van der Waals surface area contributed by atoms with Gasteiger partial charge in [0, 0.05) is 29.9 Å². The Balaban J connectivity index is 1.56. The van der Waals surface area contributed by atoms with E-state index >= 15 is 0 Å². The summed E-state index contributed by atoms with van der Waals surface area (Å²) in [6.45, 7) is 7.93. The van der Waals surface area contributed by atoms with Gasteiger partial charge >= 0.3 is 0 Å². The number of hydrogen-bond donors (Lipinski definition) is 1. The predicted molar refractivity (Wildman–Crippen MR) is 136 cm³/mol. The van der Waals surface area contributed by atoms with Crippen molar-refractivity contribution in [1.29, 1.82) is 0 Å². The third kappa shape index (κ3) is 4.31. The van der Waals surface area contributed by atoms with Gasteiger partial charge in [0.2, 0.25) is 0 Å². The van der Waals surface area contributed by atoms with Crippen LogP contribution in [0.2, 0.25) is 0 Å². The lowest BCUT2D eigenvalue weighted by Crippen LogP contribution is -2.49. The van der Waals surface area contributed by atoms with Crippen LogP contribution < -0.4 is 10.2 Å². The number of hydrogen-bond acceptors (Lipinski definition) is 7. The zero-order chi connectivity index (χ0) is 23.7. The summed E-state index contributed by atoms with van der Waals surface area (Å²) < 4.78 is 0. The molecule has 1 aliphatic heterocycles. The first kappa shape index (κ1) is 22.6. The van der Waals surface area contributed by atoms with Crippen molar-refractivity contribution in [3.05, 3.63) is 64.6 Å². The van der Waals surface area contributed by atoms with Gasteiger partial charge in [-0.15, -0.1) is 10.2 Å². The molecule has 1 unspecified atom stereocenters. The number of carbonyl (C=O) groups excluding carboxylic acids is 1. The molecule has 1 amide bonds. The van der Waals surface area contributed by atoms with Crippen LogP contribution in [0.15, 0.2) is 42.7 Å². The minimum absolute atomic E-state index is 0.0109. The lowest BCUT2D eigenvalue weighted by Gasteiger charge is -2.34. The lowest BCUT2D eigenvalue weighted by atomic mass is 10.0. The quantitative estimate of drug-likeness (QED) is 0.452. The SMILES string of the molecule is CCc1nnc(-c2ccc(C(=O)N(c3nccc4cc(C)cc(C)c34)C3CCCNC3)nc2)s1. The maximum absolute atomic E-state index is 13.9. The first-order valence-corrected chi connectivity index (χ1v) is 12.6. The molecule has 1 aliphatic rings. The number of rotatable bonds is 5. The molecular weight excluding hydrogens is 444 g/mol. The first-order chi connectivity index (χ1) is 16.5. The van der Waals surface area contributed by atoms with Crippen LogP contribution in [0.1, 0.15) is 46.4 Å². The number of piperidine rings is 1. The Bertz CT molecular complexity index is 1330. The van der Waals surface area contributed by atoms with Gasteiger partial charge in [-0.05, 0) is 68.8 Å². The second-order valence-electron chi connectivity index (χ2n) is 8.78. The molecule has 4 aromatic rings. The fraction of sp³-hybridized carbons (Fsp3) is 0.346. The molecule has 1 aromatic carbocycles. The minimum Gasteiger partial charge on any atom is -0.315 e. The van der Waals surface area contributed by atoms with E-state index in [0.717, 1.165) is 64.3 Å². The van der Waals surface area contributed by atoms with Gasteiger partial charge in [-0.2, -0.15) is 0 Å². The van der Waals surface area contributed by atoms with E-state index in [2.05, 4.69) is 53.4 Å². The van der Waals surface area contributed by atoms with Crippen molar-refractivity contribution < 1.29 is 4.79 Å². The van der Waals surface area contributed by atoms with Crippen LogP contribution in [-0.4, -0.2) is 45.2 Å². The van der Waals surface area contributed by atoms with E-state index in [4.69, 9.17) is 4.98 Å². The van der Waals surface area contributed by atoms with Crippen LogP contribution in [0.3, 0.4) is 0 Å². The molecule has 174 valence electrons. The van der Waals surface area contributed by atoms with Gasteiger partial charge in [0.1, 0.15) is 21.5 Å². The molecular formula is C26H28N6OS. The van der Waals surface area contributed by atoms with Crippen molar-refractivity contribution in [1.82, 2.24) is 25.5 Å². The number of aryl methyl sites for hydroxylation is 3. The highest BCUT2D eigenvalue weighted by Crippen LogP contribution is 2.32. The number of aromatic nitrogens is 4. The van der Waals surface area contributed by atoms with E-state index in [1.807, 2.05) is 17.0 Å². The highest BCUT2D eigenvalue weighted by molar-refractivity contribution is 7.14. The van der Waals surface area contributed by atoms with Crippen molar-refractivity contribution >= 4 is 33.8 Å². The number of pyridine rings is 2. The maximum atomic E-state index is 13.9. The highest BCUT2D eigenvalue weighted by Gasteiger charge is 2.31. The number of fused-ring (bicyclic) bond motifs is 1. The van der Waals surface area contributed by atoms with Gasteiger partial charge in [0.05, 0.1) is 6.04 Å². The van der Waals surface area contributed by atoms with Crippen LogP contribution in [0.25, 0.3) is 21.3 Å². The van der Waals surface area contributed by atoms with Crippen molar-refractivity contribution in [2.24, 2.45) is 0 Å². The summed E-state index contributed by atoms with van der Waals surface area (Å²) in [6.07, 6.45) is 6.30. The normalized spacial score (nSPS) is 16.0. The average molecular weight is 473 g/mol. The summed E-state index contributed by atoms with van der Waals surface area (Å²) in [5.41, 5.74) is 3.58. The zero-order valence-corrected chi connectivity index (χ0v) is 20.5. The van der Waals surface area contributed by atoms with Gasteiger partial charge in [0.25, 0.3) is 5.91 Å². The molecule has 4 heterocycles. The van der Waals surface area contributed by atoms with Crippen molar-refractivity contribution in [2.75, 3.05) is 18.0 Å². The molecule has 0 spiro atoms. The Morgan fingerprint density at radius 3 is 2.76 bits per heavy atom. The van der Waals surface area contributed by atoms with E-state index < -0.39 is 0 Å². The molecule has 0 bridgehead atoms. The standard InChI is InChI=1S/C26H28N6OS/c1-4-22-30-31-25(34-22)19-7-8-21(29-14-19)26(33)32(20-6-5-10-27-15-20)24-23-17(3)12-16(2)13-18(23)9-11-28-24/h7-9,11-14,20,27H,4-6,10,15H2,1-3H3. The Kier molecular flexibility index (Phi) is 6.34. The lowest BCUT2D eigenvalue weighted by molar-refractivity contribution is 0.0967. The molecule has 1 N–H and O–H groups in total. The van der Waals surface area contributed by atoms with E-state index in [9.17, 15) is 4.79 Å². The van der Waals surface area contributed by atoms with Crippen molar-refractivity contribution in [3.8, 4) is 10.6 Å². The van der Waals surface area contributed by atoms with Crippen LogP contribution in [0.4, 0.5) is 5.82 Å². The van der Waals surface area contributed by atoms with E-state index in [1.165, 1.54) is 5.56 Å². The van der Waals surface area contributed by atoms with Crippen LogP contribution >= 0.6 is 11.3 Å². The number of nitrogens with zero attached hydrogens (tertiary/aromatic N) is 5. The number of carbonyl (C=O) groups is 1. The summed E-state index contributed by atoms with van der Waals surface area (Å²) in [7, 11) is 0. The van der Waals surface area contributed by atoms with Crippen molar-refractivity contribution in [3.63, 3.8) is 0 Å². The Morgan fingerprint density at radius 1 is 1.18 bits per heavy atom. The van der Waals surface area contributed by atoms with E-state index in [0.29, 0.717) is 11.5 Å². The van der Waals surface area contributed by atoms with Gasteiger partial charge in [0.15, 0.2) is 0 Å². The fourth-order valence-electron chi connectivity index (χ4n) is 4.64. The predicted octanol–water partition coefficient (Wildman–Crippen LogP) is 4.73. The Morgan fingerprint density at radius 2 is 2.06 bits per heavy atom. The largest absolute Gasteiger partial charge is 0.315 e. The summed E-state index contributed by atoms with van der Waals surface area (Å²) in [5, 5.41) is 15.8. The van der Waals surface area contributed by atoms with Crippen LogP contribution in [0, 0.1) is 13.8 Å². The summed E-state index contributed by atoms with van der Waals surface area (Å²) in [4.78, 5) is 25.1. The number of nitrogens with one attached hydrogen (secondary N) is 1. The van der Waals surface area contributed by atoms with Crippen molar-refractivity contribution in [2.45, 2.75) is 46.1 Å². The molecule has 0 radical (unpaired) electrons. The summed E-state index contributed by atoms with van der Waals surface area (Å²) in [5.74, 6) is 0.572. The molecule has 1 saturated heterocycles. The molecule has 7 nitrogen and oxygen atoms in total. The molecule has 1 atom stereocenters. The van der Waals surface area contributed by atoms with Gasteiger partial charge < -0.3 is 5.32 Å². The van der Waals surface area contributed by atoms with Gasteiger partial charge in [-0.3, -0.25) is 14.7 Å². The maximum Gasteiger partial charge on any atom is 0.278 e. The van der Waals surface area contributed by atoms with E-state index in [-0.39, 0.29) is 11.9 Å². The van der Waals surface area contributed by atoms with Crippen LogP contribution in [0.5, 0.6) is 0 Å². The third-order valence-electron chi connectivity index (χ3n) is 6.27. The second kappa shape index (κ2) is 9.56. The van der Waals surface area contributed by atoms with E-state index in [1.54, 1.807) is 29.8 Å². The molecule has 1 fully saturated rings. The molecule has 0 aliphatic carbocycles. The molecule has 8 heteroatoms. The molecule has 34 heavy (non-hydrogen) atoms. The van der Waals surface area contributed by atoms with Crippen LogP contribution in [-0.2, 0) is 6.42 Å². The first-order valence-electron chi connectivity index (χ1n) is 11.7. The monoisotopic (exact) mass is 472 g/mol. The second-order valence-corrected chi connectivity index (χ2v) is 9.84. The fourth-order valence-corrected chi connectivity index (χ4v) is 5.41. The Hall–Kier alpha value is -3.23. The smallest absolute Gasteiger partial charge is 0.278 e. The molecule has 5 rings (SSSR count). The summed E-state index contributed by atoms with van der Waals surface area (Å²) in [6, 6.07) is 10.0. The zero-order valence-electron chi connectivity index (χ0n) is 19.7. The number of amides is 1. The van der Waals surface area contributed by atoms with Gasteiger partial charge in [-0.1, -0.05) is 36.0 Å². The van der Waals surface area contributed by atoms with Gasteiger partial charge in [-0.25, -0.2) is 4.98 Å².